The highest BCUT2D eigenvalue weighted by molar-refractivity contribution is 5.95. The quantitative estimate of drug-likeness (QED) is 0.821. The number of hydrogen-bond acceptors (Lipinski definition) is 4. The lowest BCUT2D eigenvalue weighted by molar-refractivity contribution is -0.128. The molecule has 0 saturated carbocycles. The van der Waals surface area contributed by atoms with Gasteiger partial charge in [-0.1, -0.05) is 24.3 Å². The van der Waals surface area contributed by atoms with Crippen LogP contribution in [0.4, 0.5) is 0 Å². The Hall–Kier alpha value is -2.73. The molecule has 2 heterocycles. The predicted molar refractivity (Wildman–Crippen MR) is 107 cm³/mol. The minimum atomic E-state index is -0.00536. The van der Waals surface area contributed by atoms with Gasteiger partial charge in [0.15, 0.2) is 0 Å². The topological polar surface area (TPSA) is 65.5 Å². The predicted octanol–water partition coefficient (Wildman–Crippen LogP) is 1.92. The highest BCUT2D eigenvalue weighted by atomic mass is 16.2. The molecule has 1 saturated heterocycles. The van der Waals surface area contributed by atoms with Crippen LogP contribution in [-0.4, -0.2) is 65.4 Å². The third-order valence-corrected chi connectivity index (χ3v) is 4.57. The smallest absolute Gasteiger partial charge is 0.246 e. The van der Waals surface area contributed by atoms with Crippen LogP contribution < -0.4 is 5.32 Å². The number of pyridine rings is 1. The summed E-state index contributed by atoms with van der Waals surface area (Å²) in [6, 6.07) is 10.0. The fourth-order valence-electron chi connectivity index (χ4n) is 3.23. The SMILES string of the molecule is CC(C)NC(=O)CN1CCN(C(=O)/C=C/c2cccc3cccnc23)CC1. The van der Waals surface area contributed by atoms with Gasteiger partial charge < -0.3 is 10.2 Å². The monoisotopic (exact) mass is 366 g/mol. The number of amides is 2. The standard InChI is InChI=1S/C21H26N4O2/c1-16(2)23-19(26)15-24-11-13-25(14-12-24)20(27)9-8-18-6-3-5-17-7-4-10-22-21(17)18/h3-10,16H,11-15H2,1-2H3,(H,23,26)/b9-8+. The van der Waals surface area contributed by atoms with E-state index in [0.717, 1.165) is 16.5 Å². The normalized spacial score (nSPS) is 15.6. The van der Waals surface area contributed by atoms with E-state index in [9.17, 15) is 9.59 Å². The summed E-state index contributed by atoms with van der Waals surface area (Å²) < 4.78 is 0. The van der Waals surface area contributed by atoms with Gasteiger partial charge in [-0.15, -0.1) is 0 Å². The number of fused-ring (bicyclic) bond motifs is 1. The molecule has 6 nitrogen and oxygen atoms in total. The summed E-state index contributed by atoms with van der Waals surface area (Å²) in [5.74, 6) is 0.0299. The van der Waals surface area contributed by atoms with E-state index in [-0.39, 0.29) is 17.9 Å². The second kappa shape index (κ2) is 8.77. The minimum absolute atomic E-state index is 0.00536. The molecule has 1 aromatic carbocycles. The van der Waals surface area contributed by atoms with Gasteiger partial charge in [0.25, 0.3) is 0 Å². The number of aromatic nitrogens is 1. The molecule has 0 bridgehead atoms. The number of hydrogen-bond donors (Lipinski definition) is 1. The highest BCUT2D eigenvalue weighted by Crippen LogP contribution is 2.17. The van der Waals surface area contributed by atoms with Gasteiger partial charge in [0.1, 0.15) is 0 Å². The molecule has 1 aliphatic heterocycles. The first-order valence-corrected chi connectivity index (χ1v) is 9.35. The maximum Gasteiger partial charge on any atom is 0.246 e. The molecule has 1 fully saturated rings. The Morgan fingerprint density at radius 2 is 1.89 bits per heavy atom. The van der Waals surface area contributed by atoms with Crippen molar-refractivity contribution < 1.29 is 9.59 Å². The van der Waals surface area contributed by atoms with E-state index in [4.69, 9.17) is 0 Å². The molecule has 2 amide bonds. The lowest BCUT2D eigenvalue weighted by Crippen LogP contribution is -2.51. The molecule has 0 aliphatic carbocycles. The number of rotatable bonds is 5. The maximum absolute atomic E-state index is 12.5. The van der Waals surface area contributed by atoms with Crippen molar-refractivity contribution in [3.63, 3.8) is 0 Å². The Morgan fingerprint density at radius 1 is 1.15 bits per heavy atom. The van der Waals surface area contributed by atoms with Crippen LogP contribution in [0.3, 0.4) is 0 Å². The van der Waals surface area contributed by atoms with Crippen molar-refractivity contribution >= 4 is 28.8 Å². The molecule has 1 aromatic heterocycles. The Labute approximate surface area is 159 Å². The summed E-state index contributed by atoms with van der Waals surface area (Å²) in [5, 5.41) is 3.95. The molecule has 27 heavy (non-hydrogen) atoms. The highest BCUT2D eigenvalue weighted by Gasteiger charge is 2.21. The van der Waals surface area contributed by atoms with Crippen LogP contribution in [0.5, 0.6) is 0 Å². The molecule has 1 N–H and O–H groups in total. The second-order valence-corrected chi connectivity index (χ2v) is 7.08. The van der Waals surface area contributed by atoms with Crippen molar-refractivity contribution in [2.24, 2.45) is 0 Å². The fraction of sp³-hybridized carbons (Fsp3) is 0.381. The first-order valence-electron chi connectivity index (χ1n) is 9.35. The van der Waals surface area contributed by atoms with Crippen molar-refractivity contribution in [3.05, 3.63) is 48.2 Å². The Morgan fingerprint density at radius 3 is 2.63 bits per heavy atom. The number of piperazine rings is 1. The summed E-state index contributed by atoms with van der Waals surface area (Å²) in [4.78, 5) is 32.7. The number of carbonyl (C=O) groups excluding carboxylic acids is 2. The summed E-state index contributed by atoms with van der Waals surface area (Å²) in [6.45, 7) is 6.97. The molecule has 142 valence electrons. The average molecular weight is 366 g/mol. The van der Waals surface area contributed by atoms with Crippen LogP contribution in [0.1, 0.15) is 19.4 Å². The first-order chi connectivity index (χ1) is 13.0. The zero-order valence-corrected chi connectivity index (χ0v) is 15.9. The summed E-state index contributed by atoms with van der Waals surface area (Å²) in [5.41, 5.74) is 1.83. The Balaban J connectivity index is 1.55. The largest absolute Gasteiger partial charge is 0.353 e. The van der Waals surface area contributed by atoms with Gasteiger partial charge in [-0.25, -0.2) is 0 Å². The van der Waals surface area contributed by atoms with Gasteiger partial charge >= 0.3 is 0 Å². The molecule has 2 aromatic rings. The third-order valence-electron chi connectivity index (χ3n) is 4.57. The number of nitrogens with one attached hydrogen (secondary N) is 1. The van der Waals surface area contributed by atoms with E-state index in [1.54, 1.807) is 12.3 Å². The third kappa shape index (κ3) is 5.14. The fourth-order valence-corrected chi connectivity index (χ4v) is 3.23. The Bertz CT molecular complexity index is 834. The van der Waals surface area contributed by atoms with Gasteiger partial charge in [0.2, 0.25) is 11.8 Å². The number of nitrogens with zero attached hydrogens (tertiary/aromatic N) is 3. The van der Waals surface area contributed by atoms with Crippen LogP contribution >= 0.6 is 0 Å². The van der Waals surface area contributed by atoms with Gasteiger partial charge in [-0.3, -0.25) is 19.5 Å². The van der Waals surface area contributed by atoms with E-state index in [1.807, 2.05) is 55.2 Å². The second-order valence-electron chi connectivity index (χ2n) is 7.08. The molecule has 0 unspecified atom stereocenters. The average Bonchev–Trinajstić information content (AvgIpc) is 2.66. The van der Waals surface area contributed by atoms with Crippen molar-refractivity contribution in [2.75, 3.05) is 32.7 Å². The molecular weight excluding hydrogens is 340 g/mol. The van der Waals surface area contributed by atoms with Crippen LogP contribution in [0.2, 0.25) is 0 Å². The van der Waals surface area contributed by atoms with Crippen LogP contribution in [0.15, 0.2) is 42.6 Å². The van der Waals surface area contributed by atoms with E-state index in [1.165, 1.54) is 0 Å². The molecule has 6 heteroatoms. The molecule has 3 rings (SSSR count). The van der Waals surface area contributed by atoms with Gasteiger partial charge in [0, 0.05) is 55.4 Å². The molecular formula is C21H26N4O2. The van der Waals surface area contributed by atoms with Gasteiger partial charge in [0.05, 0.1) is 12.1 Å². The van der Waals surface area contributed by atoms with E-state index >= 15 is 0 Å². The lowest BCUT2D eigenvalue weighted by atomic mass is 10.1. The van der Waals surface area contributed by atoms with Crippen molar-refractivity contribution in [1.82, 2.24) is 20.1 Å². The van der Waals surface area contributed by atoms with Gasteiger partial charge in [-0.2, -0.15) is 0 Å². The molecule has 1 aliphatic rings. The van der Waals surface area contributed by atoms with E-state index < -0.39 is 0 Å². The number of carbonyl (C=O) groups is 2. The summed E-state index contributed by atoms with van der Waals surface area (Å²) >= 11 is 0. The number of benzene rings is 1. The number of para-hydroxylation sites is 1. The lowest BCUT2D eigenvalue weighted by Gasteiger charge is -2.33. The summed E-state index contributed by atoms with van der Waals surface area (Å²) in [6.07, 6.45) is 5.21. The van der Waals surface area contributed by atoms with Crippen molar-refractivity contribution in [1.29, 1.82) is 0 Å². The molecule has 0 spiro atoms. The zero-order chi connectivity index (χ0) is 19.2. The van der Waals surface area contributed by atoms with E-state index in [2.05, 4.69) is 15.2 Å². The van der Waals surface area contributed by atoms with Crippen LogP contribution in [-0.2, 0) is 9.59 Å². The van der Waals surface area contributed by atoms with Crippen molar-refractivity contribution in [2.45, 2.75) is 19.9 Å². The van der Waals surface area contributed by atoms with Crippen molar-refractivity contribution in [3.8, 4) is 0 Å². The van der Waals surface area contributed by atoms with Crippen LogP contribution in [0.25, 0.3) is 17.0 Å². The van der Waals surface area contributed by atoms with Gasteiger partial charge in [-0.05, 0) is 26.0 Å². The van der Waals surface area contributed by atoms with Crippen LogP contribution in [0, 0.1) is 0 Å². The first kappa shape index (κ1) is 19.0. The maximum atomic E-state index is 12.5. The molecule has 0 radical (unpaired) electrons. The van der Waals surface area contributed by atoms with E-state index in [0.29, 0.717) is 32.7 Å². The molecule has 0 atom stereocenters. The minimum Gasteiger partial charge on any atom is -0.353 e. The Kier molecular flexibility index (Phi) is 6.19. The zero-order valence-electron chi connectivity index (χ0n) is 15.9. The summed E-state index contributed by atoms with van der Waals surface area (Å²) in [7, 11) is 0.